The highest BCUT2D eigenvalue weighted by atomic mass is 32.2. The summed E-state index contributed by atoms with van der Waals surface area (Å²) in [7, 11) is 0.0933. The van der Waals surface area contributed by atoms with Crippen LogP contribution in [0, 0.1) is 16.6 Å². The Balaban J connectivity index is 0.00000105. The molecule has 1 aliphatic rings. The van der Waals surface area contributed by atoms with Crippen molar-refractivity contribution in [2.75, 3.05) is 29.5 Å². The summed E-state index contributed by atoms with van der Waals surface area (Å²) < 4.78 is 23.9. The van der Waals surface area contributed by atoms with Gasteiger partial charge >= 0.3 is 6.03 Å². The zero-order valence-electron chi connectivity index (χ0n) is 22.6. The fourth-order valence-electron chi connectivity index (χ4n) is 3.77. The Morgan fingerprint density at radius 2 is 1.69 bits per heavy atom. The smallest absolute Gasteiger partial charge is 0.323 e. The summed E-state index contributed by atoms with van der Waals surface area (Å²) in [5, 5.41) is 14.2. The van der Waals surface area contributed by atoms with Crippen molar-refractivity contribution in [1.82, 2.24) is 9.88 Å². The van der Waals surface area contributed by atoms with Crippen molar-refractivity contribution >= 4 is 39.5 Å². The van der Waals surface area contributed by atoms with Crippen molar-refractivity contribution in [2.24, 2.45) is 5.96 Å². The summed E-state index contributed by atoms with van der Waals surface area (Å²) in [4.78, 5) is 21.2. The first-order valence-corrected chi connectivity index (χ1v) is 14.0. The molecule has 1 aliphatic heterocycles. The minimum atomic E-state index is -0.415. The van der Waals surface area contributed by atoms with E-state index in [0.29, 0.717) is 41.3 Å². The monoisotopic (exact) mass is 556 g/mol. The predicted octanol–water partition coefficient (Wildman–Crippen LogP) is 6.54. The molecule has 1 fully saturated rings. The van der Waals surface area contributed by atoms with Crippen LogP contribution in [0.2, 0.25) is 0 Å². The van der Waals surface area contributed by atoms with Crippen molar-refractivity contribution in [3.05, 3.63) is 83.9 Å². The normalized spacial score (nSPS) is 12.8. The third kappa shape index (κ3) is 9.49. The number of pyridine rings is 1. The van der Waals surface area contributed by atoms with Gasteiger partial charge in [0.1, 0.15) is 5.82 Å². The molecule has 10 heteroatoms. The lowest BCUT2D eigenvalue weighted by Gasteiger charge is -2.34. The molecule has 0 unspecified atom stereocenters. The van der Waals surface area contributed by atoms with E-state index >= 15 is 0 Å². The molecule has 0 atom stereocenters. The first kappa shape index (κ1) is 31.5. The molecule has 4 rings (SSSR count). The number of nitrogens with two attached hydrogens (primary N) is 1. The van der Waals surface area contributed by atoms with Crippen molar-refractivity contribution < 1.29 is 15.1 Å². The van der Waals surface area contributed by atoms with Gasteiger partial charge in [0.05, 0.1) is 6.54 Å². The lowest BCUT2D eigenvalue weighted by molar-refractivity contribution is 0.209. The Morgan fingerprint density at radius 3 is 2.21 bits per heavy atom. The van der Waals surface area contributed by atoms with Crippen LogP contribution < -0.4 is 10.9 Å². The van der Waals surface area contributed by atoms with Crippen molar-refractivity contribution in [2.45, 2.75) is 27.3 Å². The average Bonchev–Trinajstić information content (AvgIpc) is 2.94. The van der Waals surface area contributed by atoms with Crippen molar-refractivity contribution in [3.8, 4) is 11.1 Å². The third-order valence-corrected chi connectivity index (χ3v) is 7.31. The van der Waals surface area contributed by atoms with Crippen LogP contribution >= 0.6 is 10.5 Å². The number of anilines is 1. The fraction of sp³-hybridized carbons (Fsp3) is 0.276. The number of hydrogen-bond donors (Lipinski definition) is 3. The number of nitrogens with zero attached hydrogens (tertiary/aromatic N) is 3. The standard InChI is InChI=1S/C26H27FN4OS.C3H7N.FH2N.H2/c1-19(28)21-5-6-23(25(27)16-21)18-31(26(32)30-12-14-33(2)15-13-30)24-9-7-20(8-10-24)22-4-3-11-29-17-22;1-3(2)4;1-2;/h3-11,16-17,28H,2,12-15,18H2,1H3;4H,1-2H3;2H2;1H. The van der Waals surface area contributed by atoms with Gasteiger partial charge in [0.2, 0.25) is 0 Å². The molecule has 2 aromatic carbocycles. The second-order valence-corrected chi connectivity index (χ2v) is 11.1. The minimum Gasteiger partial charge on any atom is -0.323 e. The fourth-order valence-corrected chi connectivity index (χ4v) is 4.93. The molecule has 39 heavy (non-hydrogen) atoms. The highest BCUT2D eigenvalue weighted by Crippen LogP contribution is 2.27. The van der Waals surface area contributed by atoms with E-state index in [9.17, 15) is 9.18 Å². The molecule has 4 N–H and O–H groups in total. The number of rotatable bonds is 5. The van der Waals surface area contributed by atoms with E-state index < -0.39 is 5.82 Å². The van der Waals surface area contributed by atoms with Gasteiger partial charge in [0, 0.05) is 61.1 Å². The first-order valence-electron chi connectivity index (χ1n) is 12.3. The Bertz CT molecular complexity index is 1280. The van der Waals surface area contributed by atoms with Crippen LogP contribution in [0.1, 0.15) is 33.3 Å². The Morgan fingerprint density at radius 1 is 1.08 bits per heavy atom. The van der Waals surface area contributed by atoms with Crippen molar-refractivity contribution in [1.29, 1.82) is 10.8 Å². The van der Waals surface area contributed by atoms with Crippen LogP contribution in [0.4, 0.5) is 19.4 Å². The Hall–Kier alpha value is -3.76. The highest BCUT2D eigenvalue weighted by Gasteiger charge is 2.25. The van der Waals surface area contributed by atoms with E-state index in [-0.39, 0.29) is 24.5 Å². The quantitative estimate of drug-likeness (QED) is 0.188. The lowest BCUT2D eigenvalue weighted by Crippen LogP contribution is -2.47. The molecule has 2 heterocycles. The van der Waals surface area contributed by atoms with Gasteiger partial charge in [-0.2, -0.15) is 16.4 Å². The lowest BCUT2D eigenvalue weighted by atomic mass is 10.1. The van der Waals surface area contributed by atoms with Crippen molar-refractivity contribution in [3.63, 3.8) is 0 Å². The summed E-state index contributed by atoms with van der Waals surface area (Å²) >= 11 is 0. The number of amides is 2. The maximum absolute atomic E-state index is 14.9. The summed E-state index contributed by atoms with van der Waals surface area (Å²) in [5.41, 5.74) is 4.61. The van der Waals surface area contributed by atoms with Crippen LogP contribution in [0.15, 0.2) is 67.0 Å². The number of nitrogens with one attached hydrogen (secondary N) is 2. The van der Waals surface area contributed by atoms with Gasteiger partial charge < -0.3 is 15.7 Å². The number of halogens is 2. The zero-order chi connectivity index (χ0) is 28.9. The molecule has 0 spiro atoms. The summed E-state index contributed by atoms with van der Waals surface area (Å²) in [6.45, 7) is 6.55. The van der Waals surface area contributed by atoms with Gasteiger partial charge in [-0.3, -0.25) is 9.88 Å². The van der Waals surface area contributed by atoms with Gasteiger partial charge in [-0.1, -0.05) is 36.2 Å². The number of aromatic nitrogens is 1. The van der Waals surface area contributed by atoms with Gasteiger partial charge in [-0.25, -0.2) is 9.18 Å². The van der Waals surface area contributed by atoms with Gasteiger partial charge in [-0.05, 0) is 61.7 Å². The number of carbonyl (C=O) groups is 1. The number of hydrogen-bond acceptors (Lipinski definition) is 5. The van der Waals surface area contributed by atoms with Gasteiger partial charge in [0.15, 0.2) is 0 Å². The molecular weight excluding hydrogens is 518 g/mol. The Labute approximate surface area is 233 Å². The molecule has 0 bridgehead atoms. The number of urea groups is 1. The summed E-state index contributed by atoms with van der Waals surface area (Å²) in [6.07, 6.45) is 3.53. The van der Waals surface area contributed by atoms with E-state index in [4.69, 9.17) is 15.3 Å². The third-order valence-electron chi connectivity index (χ3n) is 5.79. The highest BCUT2D eigenvalue weighted by molar-refractivity contribution is 8.14. The SMILES string of the molecule is C=S1CCN(C(=O)N(Cc2ccc(C(C)=N)cc2F)c2ccc(-c3cccnc3)cc2)CC1.CC(C)=N.NF.[HH]. The van der Waals surface area contributed by atoms with Crippen LogP contribution in [0.5, 0.6) is 0 Å². The second kappa shape index (κ2) is 15.6. The molecule has 7 nitrogen and oxygen atoms in total. The van der Waals surface area contributed by atoms with E-state index in [1.807, 2.05) is 41.3 Å². The minimum absolute atomic E-state index is 0. The average molecular weight is 557 g/mol. The van der Waals surface area contributed by atoms with E-state index in [1.54, 1.807) is 50.2 Å². The molecule has 0 radical (unpaired) electrons. The predicted molar refractivity (Wildman–Crippen MR) is 163 cm³/mol. The summed E-state index contributed by atoms with van der Waals surface area (Å²) in [5.74, 6) is 8.50. The van der Waals surface area contributed by atoms with Crippen LogP contribution in [-0.2, 0) is 6.54 Å². The van der Waals surface area contributed by atoms with E-state index in [0.717, 1.165) is 22.6 Å². The molecule has 1 saturated heterocycles. The largest absolute Gasteiger partial charge is 0.324 e. The van der Waals surface area contributed by atoms with Crippen LogP contribution in [-0.4, -0.2) is 57.8 Å². The summed E-state index contributed by atoms with van der Waals surface area (Å²) in [6, 6.07) is 16.2. The Kier molecular flexibility index (Phi) is 12.6. The molecule has 0 aliphatic carbocycles. The van der Waals surface area contributed by atoms with E-state index in [2.05, 4.69) is 16.8 Å². The molecule has 3 aromatic rings. The maximum atomic E-state index is 14.9. The molecule has 0 saturated carbocycles. The molecule has 210 valence electrons. The van der Waals surface area contributed by atoms with E-state index in [1.165, 1.54) is 6.07 Å². The molecule has 1 aromatic heterocycles. The molecule has 2 amide bonds. The van der Waals surface area contributed by atoms with Gasteiger partial charge in [-0.15, -0.1) is 4.48 Å². The van der Waals surface area contributed by atoms with Crippen LogP contribution in [0.3, 0.4) is 0 Å². The van der Waals surface area contributed by atoms with Crippen LogP contribution in [0.25, 0.3) is 11.1 Å². The second-order valence-electron chi connectivity index (χ2n) is 9.10. The number of carbonyl (C=O) groups excluding carboxylic acids is 1. The maximum Gasteiger partial charge on any atom is 0.324 e. The number of benzene rings is 2. The first-order chi connectivity index (χ1) is 18.7. The zero-order valence-corrected chi connectivity index (χ0v) is 23.4. The van der Waals surface area contributed by atoms with Gasteiger partial charge in [0.25, 0.3) is 0 Å². The molecular formula is C29H38F2N6OS. The topological polar surface area (TPSA) is 110 Å².